The number of hydrogen-bond acceptors (Lipinski definition) is 3. The lowest BCUT2D eigenvalue weighted by atomic mass is 9.59. The fourth-order valence-corrected chi connectivity index (χ4v) is 5.64. The number of fused-ring (bicyclic) bond motifs is 2. The number of hydrogen-bond donors (Lipinski definition) is 1. The van der Waals surface area contributed by atoms with E-state index in [4.69, 9.17) is 9.15 Å². The fraction of sp³-hybridized carbons (Fsp3) is 0.696. The number of allylic oxidation sites excluding steroid dienone is 1. The summed E-state index contributed by atoms with van der Waals surface area (Å²) in [5.41, 5.74) is 1.85. The van der Waals surface area contributed by atoms with Crippen molar-refractivity contribution in [3.63, 3.8) is 0 Å². The van der Waals surface area contributed by atoms with Gasteiger partial charge < -0.3 is 14.5 Å². The molecule has 2 N–H and O–H groups in total. The molecule has 4 heteroatoms. The van der Waals surface area contributed by atoms with Gasteiger partial charge in [0, 0.05) is 18.8 Å². The molecule has 27 heavy (non-hydrogen) atoms. The summed E-state index contributed by atoms with van der Waals surface area (Å²) in [5.74, 6) is 1.99. The van der Waals surface area contributed by atoms with Crippen molar-refractivity contribution in [2.45, 2.75) is 71.4 Å². The monoisotopic (exact) mass is 372 g/mol. The van der Waals surface area contributed by atoms with Crippen molar-refractivity contribution in [3.8, 4) is 0 Å². The summed E-state index contributed by atoms with van der Waals surface area (Å²) in [7, 11) is 0. The highest BCUT2D eigenvalue weighted by atomic mass is 16.6. The molecule has 4 nitrogen and oxygen atoms in total. The minimum Gasteiger partial charge on any atom is -0.469 e. The van der Waals surface area contributed by atoms with Crippen molar-refractivity contribution in [1.29, 1.82) is 0 Å². The Kier molecular flexibility index (Phi) is 5.19. The molecule has 0 unspecified atom stereocenters. The molecule has 0 spiro atoms. The quantitative estimate of drug-likeness (QED) is 0.614. The van der Waals surface area contributed by atoms with Crippen LogP contribution in [0.1, 0.15) is 58.6 Å². The third kappa shape index (κ3) is 3.73. The number of ether oxygens (including phenoxy) is 1. The lowest BCUT2D eigenvalue weighted by Crippen LogP contribution is -2.90. The maximum Gasteiger partial charge on any atom is 0.315 e. The second-order valence-electron chi connectivity index (χ2n) is 9.41. The summed E-state index contributed by atoms with van der Waals surface area (Å²) in [6, 6.07) is 4.44. The molecule has 0 bridgehead atoms. The molecule has 0 aromatic carbocycles. The highest BCUT2D eigenvalue weighted by molar-refractivity contribution is 5.76. The molecule has 2 aliphatic carbocycles. The highest BCUT2D eigenvalue weighted by Crippen LogP contribution is 2.53. The Balaban J connectivity index is 1.39. The molecule has 2 heterocycles. The Morgan fingerprint density at radius 1 is 1.41 bits per heavy atom. The molecule has 0 amide bonds. The van der Waals surface area contributed by atoms with Crippen LogP contribution >= 0.6 is 0 Å². The molecule has 4 rings (SSSR count). The molecule has 1 aromatic heterocycles. The summed E-state index contributed by atoms with van der Waals surface area (Å²) in [6.07, 6.45) is 11.1. The van der Waals surface area contributed by atoms with E-state index in [1.807, 2.05) is 12.1 Å². The average molecular weight is 373 g/mol. The minimum absolute atomic E-state index is 0.00670. The van der Waals surface area contributed by atoms with Crippen LogP contribution in [0.15, 0.2) is 34.5 Å². The molecule has 3 aliphatic rings. The van der Waals surface area contributed by atoms with Gasteiger partial charge in [-0.1, -0.05) is 31.9 Å². The van der Waals surface area contributed by atoms with E-state index < -0.39 is 0 Å². The maximum absolute atomic E-state index is 12.6. The topological polar surface area (TPSA) is 56.0 Å². The van der Waals surface area contributed by atoms with Crippen molar-refractivity contribution >= 4 is 5.97 Å². The average Bonchev–Trinajstić information content (AvgIpc) is 3.23. The Hall–Kier alpha value is -1.55. The van der Waals surface area contributed by atoms with E-state index >= 15 is 0 Å². The normalized spacial score (nSPS) is 36.6. The van der Waals surface area contributed by atoms with E-state index in [2.05, 4.69) is 32.2 Å². The number of furan rings is 1. The summed E-state index contributed by atoms with van der Waals surface area (Å²) in [6.45, 7) is 7.81. The van der Waals surface area contributed by atoms with Crippen molar-refractivity contribution in [3.05, 3.63) is 35.8 Å². The van der Waals surface area contributed by atoms with Gasteiger partial charge in [-0.15, -0.1) is 0 Å². The Morgan fingerprint density at radius 3 is 3.04 bits per heavy atom. The van der Waals surface area contributed by atoms with Gasteiger partial charge in [-0.05, 0) is 49.7 Å². The van der Waals surface area contributed by atoms with Gasteiger partial charge in [0.2, 0.25) is 0 Å². The van der Waals surface area contributed by atoms with Crippen LogP contribution in [0.4, 0.5) is 0 Å². The Bertz CT molecular complexity index is 694. The van der Waals surface area contributed by atoms with Gasteiger partial charge in [0.15, 0.2) is 0 Å². The van der Waals surface area contributed by atoms with E-state index in [1.54, 1.807) is 11.8 Å². The first kappa shape index (κ1) is 18.8. The first-order valence-corrected chi connectivity index (χ1v) is 10.7. The largest absolute Gasteiger partial charge is 0.469 e. The van der Waals surface area contributed by atoms with Gasteiger partial charge >= 0.3 is 5.97 Å². The van der Waals surface area contributed by atoms with Crippen molar-refractivity contribution in [2.75, 3.05) is 6.54 Å². The number of carbonyl (C=O) groups is 1. The van der Waals surface area contributed by atoms with E-state index in [1.165, 1.54) is 19.3 Å². The summed E-state index contributed by atoms with van der Waals surface area (Å²) in [4.78, 5) is 12.6. The highest BCUT2D eigenvalue weighted by Gasteiger charge is 2.52. The van der Waals surface area contributed by atoms with Crippen LogP contribution in [0.25, 0.3) is 0 Å². The van der Waals surface area contributed by atoms with Crippen molar-refractivity contribution in [1.82, 2.24) is 0 Å². The van der Waals surface area contributed by atoms with Crippen LogP contribution in [0, 0.1) is 23.2 Å². The predicted octanol–water partition coefficient (Wildman–Crippen LogP) is 3.48. The van der Waals surface area contributed by atoms with Crippen LogP contribution in [0.3, 0.4) is 0 Å². The number of rotatable bonds is 6. The SMILES string of the molecule is C[C@H](CCc1ccco1)[NH2+]C[C@@H]1C(=O)O[C@@H]2C[C@@]3(C)CCC[C@@H](C)C3=C[C@H]12. The van der Waals surface area contributed by atoms with Crippen LogP contribution in [-0.4, -0.2) is 24.7 Å². The number of quaternary nitrogens is 1. The summed E-state index contributed by atoms with van der Waals surface area (Å²) < 4.78 is 11.3. The second kappa shape index (κ2) is 7.46. The van der Waals surface area contributed by atoms with E-state index in [0.29, 0.717) is 12.0 Å². The van der Waals surface area contributed by atoms with Gasteiger partial charge in [-0.25, -0.2) is 0 Å². The first-order chi connectivity index (χ1) is 13.0. The molecule has 148 valence electrons. The van der Waals surface area contributed by atoms with Gasteiger partial charge in [0.05, 0.1) is 18.8 Å². The third-order valence-electron chi connectivity index (χ3n) is 7.30. The molecule has 1 aliphatic heterocycles. The predicted molar refractivity (Wildman–Crippen MR) is 104 cm³/mol. The Morgan fingerprint density at radius 2 is 2.26 bits per heavy atom. The van der Waals surface area contributed by atoms with Gasteiger partial charge in [0.1, 0.15) is 17.8 Å². The molecule has 2 fully saturated rings. The smallest absolute Gasteiger partial charge is 0.315 e. The van der Waals surface area contributed by atoms with Crippen molar-refractivity contribution in [2.24, 2.45) is 23.2 Å². The lowest BCUT2D eigenvalue weighted by Gasteiger charge is -2.45. The molecule has 1 saturated carbocycles. The van der Waals surface area contributed by atoms with E-state index in [-0.39, 0.29) is 29.3 Å². The van der Waals surface area contributed by atoms with Crippen LogP contribution in [-0.2, 0) is 16.0 Å². The van der Waals surface area contributed by atoms with E-state index in [9.17, 15) is 4.79 Å². The zero-order valence-electron chi connectivity index (χ0n) is 16.9. The molecular formula is C23H34NO3+. The number of aryl methyl sites for hydroxylation is 1. The number of nitrogens with two attached hydrogens (primary N) is 1. The van der Waals surface area contributed by atoms with Gasteiger partial charge in [-0.3, -0.25) is 4.79 Å². The molecular weight excluding hydrogens is 338 g/mol. The minimum atomic E-state index is 0.00670. The van der Waals surface area contributed by atoms with Gasteiger partial charge in [0.25, 0.3) is 0 Å². The second-order valence-corrected chi connectivity index (χ2v) is 9.41. The zero-order chi connectivity index (χ0) is 19.0. The molecule has 0 radical (unpaired) electrons. The molecule has 6 atom stereocenters. The third-order valence-corrected chi connectivity index (χ3v) is 7.30. The first-order valence-electron chi connectivity index (χ1n) is 10.7. The standard InChI is InChI=1S/C23H33NO3/c1-15-6-4-10-23(3)13-21-18(12-20(15)23)19(22(25)27-21)14-24-16(2)8-9-17-7-5-11-26-17/h5,7,11-12,15-16,18-19,21,24H,4,6,8-10,13-14H2,1-3H3/p+1/t15-,16-,18-,19+,21-,23-/m1/s1. The zero-order valence-corrected chi connectivity index (χ0v) is 16.9. The van der Waals surface area contributed by atoms with Crippen LogP contribution in [0.2, 0.25) is 0 Å². The summed E-state index contributed by atoms with van der Waals surface area (Å²) >= 11 is 0. The summed E-state index contributed by atoms with van der Waals surface area (Å²) in [5, 5.41) is 2.33. The number of esters is 1. The molecule has 1 saturated heterocycles. The van der Waals surface area contributed by atoms with E-state index in [0.717, 1.165) is 31.6 Å². The Labute approximate surface area is 162 Å². The van der Waals surface area contributed by atoms with Crippen molar-refractivity contribution < 1.29 is 19.3 Å². The van der Waals surface area contributed by atoms with Crippen LogP contribution in [0.5, 0.6) is 0 Å². The van der Waals surface area contributed by atoms with Crippen LogP contribution < -0.4 is 5.32 Å². The number of carbonyl (C=O) groups excluding carboxylic acids is 1. The lowest BCUT2D eigenvalue weighted by molar-refractivity contribution is -0.690. The van der Waals surface area contributed by atoms with Gasteiger partial charge in [-0.2, -0.15) is 0 Å². The molecule has 1 aromatic rings. The fourth-order valence-electron chi connectivity index (χ4n) is 5.64. The maximum atomic E-state index is 12.6.